The zero-order valence-corrected chi connectivity index (χ0v) is 13.0. The Hall–Kier alpha value is -2.15. The maximum absolute atomic E-state index is 12.4. The molecule has 1 N–H and O–H groups in total. The van der Waals surface area contributed by atoms with Crippen molar-refractivity contribution in [1.82, 2.24) is 25.2 Å². The van der Waals surface area contributed by atoms with Gasteiger partial charge in [0.25, 0.3) is 5.91 Å². The summed E-state index contributed by atoms with van der Waals surface area (Å²) < 4.78 is 7.32. The third kappa shape index (κ3) is 3.19. The van der Waals surface area contributed by atoms with Gasteiger partial charge >= 0.3 is 0 Å². The van der Waals surface area contributed by atoms with Gasteiger partial charge in [0, 0.05) is 7.05 Å². The van der Waals surface area contributed by atoms with E-state index < -0.39 is 0 Å². The second kappa shape index (κ2) is 6.31. The maximum Gasteiger partial charge on any atom is 0.276 e. The fourth-order valence-corrected chi connectivity index (χ4v) is 2.70. The summed E-state index contributed by atoms with van der Waals surface area (Å²) in [4.78, 5) is 14.0. The lowest BCUT2D eigenvalue weighted by molar-refractivity contribution is 0.0769. The van der Waals surface area contributed by atoms with Gasteiger partial charge in [0.2, 0.25) is 0 Å². The van der Waals surface area contributed by atoms with E-state index in [-0.39, 0.29) is 5.91 Å². The van der Waals surface area contributed by atoms with Crippen molar-refractivity contribution < 1.29 is 9.21 Å². The molecule has 7 heteroatoms. The van der Waals surface area contributed by atoms with Gasteiger partial charge in [-0.05, 0) is 45.0 Å². The van der Waals surface area contributed by atoms with Crippen molar-refractivity contribution >= 4 is 5.91 Å². The molecule has 0 atom stereocenters. The van der Waals surface area contributed by atoms with Crippen LogP contribution in [0.4, 0.5) is 0 Å². The Kier molecular flexibility index (Phi) is 4.24. The summed E-state index contributed by atoms with van der Waals surface area (Å²) in [6, 6.07) is 4.10. The smallest absolute Gasteiger partial charge is 0.276 e. The summed E-state index contributed by atoms with van der Waals surface area (Å²) in [6.45, 7) is 4.26. The zero-order chi connectivity index (χ0) is 15.5. The molecule has 2 aromatic rings. The minimum atomic E-state index is -0.144. The Labute approximate surface area is 129 Å². The third-order valence-electron chi connectivity index (χ3n) is 3.95. The van der Waals surface area contributed by atoms with E-state index in [1.54, 1.807) is 18.1 Å². The molecule has 3 rings (SSSR count). The highest BCUT2D eigenvalue weighted by atomic mass is 16.3. The van der Waals surface area contributed by atoms with E-state index in [1.807, 2.05) is 23.7 Å². The van der Waals surface area contributed by atoms with Crippen molar-refractivity contribution in [2.45, 2.75) is 32.4 Å². The molecular formula is C15H21N5O2. The van der Waals surface area contributed by atoms with Gasteiger partial charge < -0.3 is 14.6 Å². The van der Waals surface area contributed by atoms with Gasteiger partial charge in [0.15, 0.2) is 5.69 Å². The molecule has 0 bridgehead atoms. The van der Waals surface area contributed by atoms with Gasteiger partial charge in [-0.25, -0.2) is 4.68 Å². The first kappa shape index (κ1) is 14.8. The number of aryl methyl sites for hydroxylation is 1. The Bertz CT molecular complexity index is 642. The highest BCUT2D eigenvalue weighted by Gasteiger charge is 2.21. The molecule has 0 aromatic carbocycles. The van der Waals surface area contributed by atoms with Crippen molar-refractivity contribution in [2.75, 3.05) is 20.1 Å². The summed E-state index contributed by atoms with van der Waals surface area (Å²) in [5.74, 6) is 1.46. The summed E-state index contributed by atoms with van der Waals surface area (Å²) >= 11 is 0. The maximum atomic E-state index is 12.4. The summed E-state index contributed by atoms with van der Waals surface area (Å²) in [5.41, 5.74) is 0.379. The number of hydrogen-bond donors (Lipinski definition) is 1. The molecule has 118 valence electrons. The summed E-state index contributed by atoms with van der Waals surface area (Å²) in [7, 11) is 1.74. The molecule has 7 nitrogen and oxygen atoms in total. The first-order valence-corrected chi connectivity index (χ1v) is 7.57. The summed E-state index contributed by atoms with van der Waals surface area (Å²) in [6.07, 6.45) is 3.78. The Morgan fingerprint density at radius 3 is 2.91 bits per heavy atom. The molecule has 0 radical (unpaired) electrons. The predicted molar refractivity (Wildman–Crippen MR) is 80.4 cm³/mol. The number of hydrogen-bond acceptors (Lipinski definition) is 5. The quantitative estimate of drug-likeness (QED) is 0.923. The molecule has 0 spiro atoms. The van der Waals surface area contributed by atoms with Crippen LogP contribution in [-0.4, -0.2) is 45.9 Å². The van der Waals surface area contributed by atoms with Crippen LogP contribution in [0.3, 0.4) is 0 Å². The minimum absolute atomic E-state index is 0.144. The molecule has 1 amide bonds. The van der Waals surface area contributed by atoms with Crippen LogP contribution >= 0.6 is 0 Å². The van der Waals surface area contributed by atoms with E-state index in [1.165, 1.54) is 0 Å². The lowest BCUT2D eigenvalue weighted by atomic mass is 10.1. The number of carbonyl (C=O) groups is 1. The lowest BCUT2D eigenvalue weighted by Gasteiger charge is -2.22. The second-order valence-electron chi connectivity index (χ2n) is 5.74. The molecule has 22 heavy (non-hydrogen) atoms. The average Bonchev–Trinajstić information content (AvgIpc) is 3.17. The molecule has 1 aliphatic heterocycles. The van der Waals surface area contributed by atoms with E-state index in [4.69, 9.17) is 4.42 Å². The van der Waals surface area contributed by atoms with E-state index in [0.717, 1.165) is 37.5 Å². The Morgan fingerprint density at radius 2 is 2.23 bits per heavy atom. The predicted octanol–water partition coefficient (Wildman–Crippen LogP) is 1.38. The van der Waals surface area contributed by atoms with Gasteiger partial charge in [0.05, 0.1) is 18.8 Å². The number of amides is 1. The average molecular weight is 303 g/mol. The van der Waals surface area contributed by atoms with E-state index in [2.05, 4.69) is 15.6 Å². The number of rotatable bonds is 4. The zero-order valence-electron chi connectivity index (χ0n) is 13.0. The second-order valence-corrected chi connectivity index (χ2v) is 5.74. The van der Waals surface area contributed by atoms with Crippen LogP contribution in [0.5, 0.6) is 0 Å². The van der Waals surface area contributed by atoms with Crippen LogP contribution < -0.4 is 5.32 Å². The fraction of sp³-hybridized carbons (Fsp3) is 0.533. The lowest BCUT2D eigenvalue weighted by Crippen LogP contribution is -2.29. The standard InChI is InChI=1S/C15H21N5O2/c1-11-3-4-13(22-11)9-19(2)15(21)14-10-20(18-17-14)12-5-7-16-8-6-12/h3-4,10,12,16H,5-9H2,1-2H3. The van der Waals surface area contributed by atoms with Crippen LogP contribution in [0.2, 0.25) is 0 Å². The Balaban J connectivity index is 1.65. The molecule has 0 unspecified atom stereocenters. The number of nitrogens with one attached hydrogen (secondary N) is 1. The molecule has 1 aliphatic rings. The highest BCUT2D eigenvalue weighted by molar-refractivity contribution is 5.91. The van der Waals surface area contributed by atoms with Crippen LogP contribution in [0.25, 0.3) is 0 Å². The molecule has 1 saturated heterocycles. The van der Waals surface area contributed by atoms with E-state index in [0.29, 0.717) is 18.3 Å². The van der Waals surface area contributed by atoms with Gasteiger partial charge in [0.1, 0.15) is 11.5 Å². The molecule has 3 heterocycles. The number of aromatic nitrogens is 3. The minimum Gasteiger partial charge on any atom is -0.464 e. The number of carbonyl (C=O) groups excluding carboxylic acids is 1. The van der Waals surface area contributed by atoms with Crippen molar-refractivity contribution in [1.29, 1.82) is 0 Å². The van der Waals surface area contributed by atoms with Gasteiger partial charge in [-0.15, -0.1) is 5.10 Å². The van der Waals surface area contributed by atoms with Crippen LogP contribution in [0.1, 0.15) is 40.9 Å². The normalized spacial score (nSPS) is 15.9. The monoisotopic (exact) mass is 303 g/mol. The number of piperidine rings is 1. The molecular weight excluding hydrogens is 282 g/mol. The highest BCUT2D eigenvalue weighted by Crippen LogP contribution is 2.17. The van der Waals surface area contributed by atoms with Gasteiger partial charge in [-0.1, -0.05) is 5.21 Å². The van der Waals surface area contributed by atoms with Crippen LogP contribution in [0.15, 0.2) is 22.7 Å². The van der Waals surface area contributed by atoms with Crippen molar-refractivity contribution in [3.63, 3.8) is 0 Å². The van der Waals surface area contributed by atoms with Crippen molar-refractivity contribution in [2.24, 2.45) is 0 Å². The first-order valence-electron chi connectivity index (χ1n) is 7.57. The van der Waals surface area contributed by atoms with Crippen molar-refractivity contribution in [3.05, 3.63) is 35.5 Å². The molecule has 0 saturated carbocycles. The largest absolute Gasteiger partial charge is 0.464 e. The summed E-state index contributed by atoms with van der Waals surface area (Å²) in [5, 5.41) is 11.5. The van der Waals surface area contributed by atoms with Crippen molar-refractivity contribution in [3.8, 4) is 0 Å². The van der Waals surface area contributed by atoms with Gasteiger partial charge in [-0.3, -0.25) is 4.79 Å². The van der Waals surface area contributed by atoms with Gasteiger partial charge in [-0.2, -0.15) is 0 Å². The Morgan fingerprint density at radius 1 is 1.45 bits per heavy atom. The topological polar surface area (TPSA) is 76.2 Å². The van der Waals surface area contributed by atoms with Crippen LogP contribution in [0, 0.1) is 6.92 Å². The molecule has 0 aliphatic carbocycles. The molecule has 2 aromatic heterocycles. The SMILES string of the molecule is Cc1ccc(CN(C)C(=O)c2cn(C3CCNCC3)nn2)o1. The third-order valence-corrected chi connectivity index (χ3v) is 3.95. The van der Waals surface area contributed by atoms with E-state index >= 15 is 0 Å². The number of furan rings is 1. The molecule has 1 fully saturated rings. The van der Waals surface area contributed by atoms with Crippen LogP contribution in [-0.2, 0) is 6.54 Å². The first-order chi connectivity index (χ1) is 10.6. The van der Waals surface area contributed by atoms with E-state index in [9.17, 15) is 4.79 Å². The fourth-order valence-electron chi connectivity index (χ4n) is 2.70. The number of nitrogens with zero attached hydrogens (tertiary/aromatic N) is 4.